The number of carbonyl (C=O) groups is 2. The minimum atomic E-state index is -3.48. The van der Waals surface area contributed by atoms with Gasteiger partial charge in [0, 0.05) is 25.1 Å². The highest BCUT2D eigenvalue weighted by molar-refractivity contribution is 7.92. The highest BCUT2D eigenvalue weighted by Crippen LogP contribution is 2.20. The predicted octanol–water partition coefficient (Wildman–Crippen LogP) is 1.18. The largest absolute Gasteiger partial charge is 0.354 e. The lowest BCUT2D eigenvalue weighted by Gasteiger charge is -2.23. The predicted molar refractivity (Wildman–Crippen MR) is 90.8 cm³/mol. The Labute approximate surface area is 137 Å². The van der Waals surface area contributed by atoms with Crippen molar-refractivity contribution in [3.8, 4) is 0 Å². The summed E-state index contributed by atoms with van der Waals surface area (Å²) in [7, 11) is -3.48. The van der Waals surface area contributed by atoms with E-state index in [1.54, 1.807) is 38.1 Å². The van der Waals surface area contributed by atoms with Gasteiger partial charge in [-0.05, 0) is 24.3 Å². The monoisotopic (exact) mass is 341 g/mol. The Morgan fingerprint density at radius 1 is 1.17 bits per heavy atom. The number of amides is 2. The van der Waals surface area contributed by atoms with Gasteiger partial charge in [0.2, 0.25) is 21.8 Å². The lowest BCUT2D eigenvalue weighted by atomic mass is 10.2. The van der Waals surface area contributed by atoms with Crippen molar-refractivity contribution in [1.82, 2.24) is 5.32 Å². The van der Waals surface area contributed by atoms with Gasteiger partial charge in [-0.25, -0.2) is 8.42 Å². The summed E-state index contributed by atoms with van der Waals surface area (Å²) in [6.45, 7) is 5.29. The van der Waals surface area contributed by atoms with E-state index >= 15 is 0 Å². The van der Waals surface area contributed by atoms with Crippen LogP contribution in [0.3, 0.4) is 0 Å². The van der Waals surface area contributed by atoms with E-state index in [4.69, 9.17) is 0 Å². The van der Waals surface area contributed by atoms with E-state index < -0.39 is 10.0 Å². The van der Waals surface area contributed by atoms with Crippen LogP contribution in [0.4, 0.5) is 11.4 Å². The molecule has 0 aromatic heterocycles. The van der Waals surface area contributed by atoms with Gasteiger partial charge in [0.25, 0.3) is 0 Å². The molecule has 7 nitrogen and oxygen atoms in total. The molecular weight excluding hydrogens is 318 g/mol. The number of benzene rings is 1. The number of hydrogen-bond acceptors (Lipinski definition) is 4. The van der Waals surface area contributed by atoms with Gasteiger partial charge in [-0.15, -0.1) is 0 Å². The van der Waals surface area contributed by atoms with Gasteiger partial charge < -0.3 is 10.6 Å². The standard InChI is InChI=1S/C15H23N3O4S/c1-11(2)15(20)16-9-10-18(23(4,21)22)14-7-5-13(6-8-14)17-12(3)19/h5-8,11H,9-10H2,1-4H3,(H,16,20)(H,17,19). The number of hydrogen-bond donors (Lipinski definition) is 2. The lowest BCUT2D eigenvalue weighted by Crippen LogP contribution is -2.39. The number of nitrogens with zero attached hydrogens (tertiary/aromatic N) is 1. The van der Waals surface area contributed by atoms with Crippen molar-refractivity contribution < 1.29 is 18.0 Å². The third kappa shape index (κ3) is 6.27. The fourth-order valence-corrected chi connectivity index (χ4v) is 2.81. The van der Waals surface area contributed by atoms with Crippen LogP contribution in [0, 0.1) is 5.92 Å². The van der Waals surface area contributed by atoms with Crippen LogP contribution in [0.1, 0.15) is 20.8 Å². The maximum Gasteiger partial charge on any atom is 0.232 e. The Balaban J connectivity index is 2.83. The van der Waals surface area contributed by atoms with Crippen LogP contribution in [0.25, 0.3) is 0 Å². The molecule has 128 valence electrons. The van der Waals surface area contributed by atoms with Gasteiger partial charge in [-0.2, -0.15) is 0 Å². The average Bonchev–Trinajstić information content (AvgIpc) is 2.42. The summed E-state index contributed by atoms with van der Waals surface area (Å²) in [5.41, 5.74) is 1.06. The van der Waals surface area contributed by atoms with Crippen LogP contribution >= 0.6 is 0 Å². The second-order valence-corrected chi connectivity index (χ2v) is 7.42. The highest BCUT2D eigenvalue weighted by atomic mass is 32.2. The molecule has 0 aliphatic rings. The molecule has 0 saturated heterocycles. The molecule has 0 bridgehead atoms. The number of sulfonamides is 1. The van der Waals surface area contributed by atoms with Crippen molar-refractivity contribution in [1.29, 1.82) is 0 Å². The maximum absolute atomic E-state index is 11.9. The molecule has 1 rings (SSSR count). The first-order chi connectivity index (χ1) is 10.6. The maximum atomic E-state index is 11.9. The number of carbonyl (C=O) groups excluding carboxylic acids is 2. The Hall–Kier alpha value is -2.09. The zero-order valence-electron chi connectivity index (χ0n) is 13.8. The molecule has 0 unspecified atom stereocenters. The molecule has 0 atom stereocenters. The first-order valence-corrected chi connectivity index (χ1v) is 9.09. The molecule has 0 radical (unpaired) electrons. The molecule has 0 heterocycles. The van der Waals surface area contributed by atoms with E-state index in [9.17, 15) is 18.0 Å². The fourth-order valence-electron chi connectivity index (χ4n) is 1.89. The molecule has 23 heavy (non-hydrogen) atoms. The summed E-state index contributed by atoms with van der Waals surface area (Å²) < 4.78 is 25.1. The highest BCUT2D eigenvalue weighted by Gasteiger charge is 2.17. The summed E-state index contributed by atoms with van der Waals surface area (Å²) in [6, 6.07) is 6.47. The number of anilines is 2. The Morgan fingerprint density at radius 2 is 1.74 bits per heavy atom. The Bertz CT molecular complexity index is 654. The minimum absolute atomic E-state index is 0.126. The van der Waals surface area contributed by atoms with Crippen LogP contribution in [-0.4, -0.2) is 39.6 Å². The van der Waals surface area contributed by atoms with E-state index in [1.807, 2.05) is 0 Å². The first kappa shape index (κ1) is 19.0. The van der Waals surface area contributed by atoms with Gasteiger partial charge in [0.15, 0.2) is 0 Å². The Morgan fingerprint density at radius 3 is 2.17 bits per heavy atom. The van der Waals surface area contributed by atoms with Crippen molar-refractivity contribution in [3.05, 3.63) is 24.3 Å². The van der Waals surface area contributed by atoms with Crippen molar-refractivity contribution in [2.45, 2.75) is 20.8 Å². The Kier molecular flexibility index (Phi) is 6.56. The molecule has 8 heteroatoms. The van der Waals surface area contributed by atoms with Crippen molar-refractivity contribution >= 4 is 33.2 Å². The second kappa shape index (κ2) is 7.96. The quantitative estimate of drug-likeness (QED) is 0.778. The van der Waals surface area contributed by atoms with E-state index in [-0.39, 0.29) is 30.8 Å². The van der Waals surface area contributed by atoms with Crippen LogP contribution < -0.4 is 14.9 Å². The molecule has 2 amide bonds. The molecule has 1 aromatic rings. The molecule has 0 saturated carbocycles. The molecule has 2 N–H and O–H groups in total. The van der Waals surface area contributed by atoms with E-state index in [2.05, 4.69) is 10.6 Å². The van der Waals surface area contributed by atoms with Gasteiger partial charge in [-0.1, -0.05) is 13.8 Å². The third-order valence-corrected chi connectivity index (χ3v) is 4.21. The van der Waals surface area contributed by atoms with Gasteiger partial charge in [0.05, 0.1) is 18.5 Å². The SMILES string of the molecule is CC(=O)Nc1ccc(N(CCNC(=O)C(C)C)S(C)(=O)=O)cc1. The second-order valence-electron chi connectivity index (χ2n) is 5.51. The average molecular weight is 341 g/mol. The number of nitrogens with one attached hydrogen (secondary N) is 2. The molecule has 0 aliphatic heterocycles. The first-order valence-electron chi connectivity index (χ1n) is 7.24. The van der Waals surface area contributed by atoms with Crippen molar-refractivity contribution in [2.24, 2.45) is 5.92 Å². The molecule has 0 aliphatic carbocycles. The van der Waals surface area contributed by atoms with Crippen LogP contribution in [0.5, 0.6) is 0 Å². The smallest absolute Gasteiger partial charge is 0.232 e. The molecule has 1 aromatic carbocycles. The molecule has 0 spiro atoms. The van der Waals surface area contributed by atoms with Gasteiger partial charge >= 0.3 is 0 Å². The summed E-state index contributed by atoms with van der Waals surface area (Å²) in [6.07, 6.45) is 1.11. The summed E-state index contributed by atoms with van der Waals surface area (Å²) in [4.78, 5) is 22.5. The number of rotatable bonds is 7. The summed E-state index contributed by atoms with van der Waals surface area (Å²) in [5, 5.41) is 5.31. The van der Waals surface area contributed by atoms with E-state index in [0.29, 0.717) is 11.4 Å². The zero-order valence-corrected chi connectivity index (χ0v) is 14.6. The summed E-state index contributed by atoms with van der Waals surface area (Å²) in [5.74, 6) is -0.479. The van der Waals surface area contributed by atoms with E-state index in [1.165, 1.54) is 11.2 Å². The van der Waals surface area contributed by atoms with Crippen LogP contribution in [0.15, 0.2) is 24.3 Å². The normalized spacial score (nSPS) is 11.2. The van der Waals surface area contributed by atoms with Crippen LogP contribution in [-0.2, 0) is 19.6 Å². The summed E-state index contributed by atoms with van der Waals surface area (Å²) >= 11 is 0. The zero-order chi connectivity index (χ0) is 17.6. The third-order valence-electron chi connectivity index (χ3n) is 3.01. The molecule has 0 fully saturated rings. The van der Waals surface area contributed by atoms with Crippen molar-refractivity contribution in [3.63, 3.8) is 0 Å². The van der Waals surface area contributed by atoms with Gasteiger partial charge in [-0.3, -0.25) is 13.9 Å². The van der Waals surface area contributed by atoms with Crippen LogP contribution in [0.2, 0.25) is 0 Å². The minimum Gasteiger partial charge on any atom is -0.354 e. The van der Waals surface area contributed by atoms with Gasteiger partial charge in [0.1, 0.15) is 0 Å². The van der Waals surface area contributed by atoms with Crippen molar-refractivity contribution in [2.75, 3.05) is 29.0 Å². The van der Waals surface area contributed by atoms with E-state index in [0.717, 1.165) is 6.26 Å². The fraction of sp³-hybridized carbons (Fsp3) is 0.467. The topological polar surface area (TPSA) is 95.6 Å². The molecular formula is C15H23N3O4S. The lowest BCUT2D eigenvalue weighted by molar-refractivity contribution is -0.123.